The summed E-state index contributed by atoms with van der Waals surface area (Å²) in [6.45, 7) is 0. The molecule has 0 bridgehead atoms. The SMILES string of the molecule is O=C1CC(C2=C(O)C(=O)NC2=O)C(=O)[N]1. The fraction of sp³-hybridized carbons (Fsp3) is 0.250. The highest BCUT2D eigenvalue weighted by molar-refractivity contribution is 6.21. The Balaban J connectivity index is 2.39. The second-order valence-electron chi connectivity index (χ2n) is 3.15. The standard InChI is InChI=1S/C8H5N2O5/c11-3-1-2(6(13)9-3)4-5(12)8(15)10-7(4)14/h2H,1H2,(H2,10,12,14,15). The van der Waals surface area contributed by atoms with Crippen molar-refractivity contribution in [1.29, 1.82) is 0 Å². The molecule has 0 aliphatic carbocycles. The summed E-state index contributed by atoms with van der Waals surface area (Å²) in [5, 5.41) is 14.2. The first kappa shape index (κ1) is 9.38. The zero-order valence-corrected chi connectivity index (χ0v) is 7.31. The normalized spacial score (nSPS) is 26.0. The molecule has 4 amide bonds. The molecule has 2 N–H and O–H groups in total. The Bertz CT molecular complexity index is 436. The Morgan fingerprint density at radius 1 is 1.20 bits per heavy atom. The molecule has 7 heteroatoms. The third-order valence-electron chi connectivity index (χ3n) is 2.20. The zero-order valence-electron chi connectivity index (χ0n) is 7.31. The van der Waals surface area contributed by atoms with Gasteiger partial charge < -0.3 is 5.11 Å². The van der Waals surface area contributed by atoms with E-state index in [1.165, 1.54) is 0 Å². The van der Waals surface area contributed by atoms with Crippen LogP contribution in [0.5, 0.6) is 0 Å². The molecule has 0 saturated carbocycles. The van der Waals surface area contributed by atoms with E-state index in [9.17, 15) is 24.3 Å². The summed E-state index contributed by atoms with van der Waals surface area (Å²) in [5.41, 5.74) is -0.361. The molecule has 1 radical (unpaired) electrons. The number of hydrogen-bond donors (Lipinski definition) is 2. The number of nitrogens with one attached hydrogen (secondary N) is 1. The molecule has 7 nitrogen and oxygen atoms in total. The molecule has 15 heavy (non-hydrogen) atoms. The third kappa shape index (κ3) is 1.28. The first-order chi connectivity index (χ1) is 7.00. The fourth-order valence-corrected chi connectivity index (χ4v) is 1.52. The van der Waals surface area contributed by atoms with Gasteiger partial charge in [0.2, 0.25) is 5.91 Å². The van der Waals surface area contributed by atoms with E-state index in [0.717, 1.165) is 0 Å². The van der Waals surface area contributed by atoms with Gasteiger partial charge in [0.1, 0.15) is 0 Å². The number of carbonyl (C=O) groups is 4. The topological polar surface area (TPSA) is 115 Å². The van der Waals surface area contributed by atoms with Crippen molar-refractivity contribution in [2.24, 2.45) is 5.92 Å². The number of nitrogens with zero attached hydrogens (tertiary/aromatic N) is 1. The summed E-state index contributed by atoms with van der Waals surface area (Å²) in [6.07, 6.45) is -0.279. The van der Waals surface area contributed by atoms with Gasteiger partial charge in [-0.2, -0.15) is 5.32 Å². The monoisotopic (exact) mass is 209 g/mol. The van der Waals surface area contributed by atoms with Crippen LogP contribution < -0.4 is 10.6 Å². The molecule has 1 atom stereocenters. The number of aliphatic hydroxyl groups is 1. The van der Waals surface area contributed by atoms with Crippen molar-refractivity contribution in [1.82, 2.24) is 10.6 Å². The van der Waals surface area contributed by atoms with E-state index in [-0.39, 0.29) is 12.0 Å². The molecule has 1 fully saturated rings. The summed E-state index contributed by atoms with van der Waals surface area (Å²) in [6, 6.07) is 0. The van der Waals surface area contributed by atoms with E-state index in [2.05, 4.69) is 5.32 Å². The second-order valence-corrected chi connectivity index (χ2v) is 3.15. The van der Waals surface area contributed by atoms with Crippen LogP contribution in [0.25, 0.3) is 0 Å². The van der Waals surface area contributed by atoms with Crippen molar-refractivity contribution in [2.75, 3.05) is 0 Å². The first-order valence-electron chi connectivity index (χ1n) is 4.08. The van der Waals surface area contributed by atoms with Crippen molar-refractivity contribution in [3.8, 4) is 0 Å². The number of hydrogen-bond acceptors (Lipinski definition) is 5. The summed E-state index contributed by atoms with van der Waals surface area (Å²) < 4.78 is 0. The second kappa shape index (κ2) is 2.91. The molecular formula is C8H5N2O5. The Labute approximate surface area is 83.1 Å². The third-order valence-corrected chi connectivity index (χ3v) is 2.20. The van der Waals surface area contributed by atoms with Gasteiger partial charge in [-0.05, 0) is 0 Å². The lowest BCUT2D eigenvalue weighted by atomic mass is 9.97. The number of carbonyl (C=O) groups excluding carboxylic acids is 4. The molecule has 2 aliphatic rings. The van der Waals surface area contributed by atoms with E-state index in [1.54, 1.807) is 0 Å². The number of imide groups is 2. The average molecular weight is 209 g/mol. The lowest BCUT2D eigenvalue weighted by Crippen LogP contribution is -2.26. The molecule has 0 spiro atoms. The summed E-state index contributed by atoms with van der Waals surface area (Å²) in [7, 11) is 0. The van der Waals surface area contributed by atoms with Crippen LogP contribution in [0.1, 0.15) is 6.42 Å². The van der Waals surface area contributed by atoms with Crippen LogP contribution in [-0.4, -0.2) is 28.7 Å². The lowest BCUT2D eigenvalue weighted by Gasteiger charge is -2.03. The Morgan fingerprint density at radius 2 is 1.87 bits per heavy atom. The Kier molecular flexibility index (Phi) is 1.82. The van der Waals surface area contributed by atoms with Crippen LogP contribution in [-0.2, 0) is 19.2 Å². The molecule has 0 aromatic carbocycles. The lowest BCUT2D eigenvalue weighted by molar-refractivity contribution is -0.128. The highest BCUT2D eigenvalue weighted by atomic mass is 16.3. The van der Waals surface area contributed by atoms with Crippen LogP contribution in [0.15, 0.2) is 11.3 Å². The van der Waals surface area contributed by atoms with Gasteiger partial charge in [0.05, 0.1) is 11.5 Å². The average Bonchev–Trinajstić information content (AvgIpc) is 2.56. The van der Waals surface area contributed by atoms with Crippen molar-refractivity contribution >= 4 is 23.6 Å². The van der Waals surface area contributed by atoms with Crippen molar-refractivity contribution in [2.45, 2.75) is 6.42 Å². The minimum absolute atomic E-state index is 0.279. The van der Waals surface area contributed by atoms with Crippen LogP contribution >= 0.6 is 0 Å². The maximum absolute atomic E-state index is 11.2. The molecule has 77 valence electrons. The van der Waals surface area contributed by atoms with E-state index in [1.807, 2.05) is 5.32 Å². The summed E-state index contributed by atoms with van der Waals surface area (Å²) >= 11 is 0. The van der Waals surface area contributed by atoms with Gasteiger partial charge in [-0.25, -0.2) is 0 Å². The first-order valence-corrected chi connectivity index (χ1v) is 4.08. The van der Waals surface area contributed by atoms with Crippen LogP contribution in [0.3, 0.4) is 0 Å². The van der Waals surface area contributed by atoms with E-state index >= 15 is 0 Å². The highest BCUT2D eigenvalue weighted by Crippen LogP contribution is 2.26. The fourth-order valence-electron chi connectivity index (χ4n) is 1.52. The van der Waals surface area contributed by atoms with Crippen LogP contribution in [0.2, 0.25) is 0 Å². The van der Waals surface area contributed by atoms with Gasteiger partial charge in [0.25, 0.3) is 17.7 Å². The predicted molar refractivity (Wildman–Crippen MR) is 43.1 cm³/mol. The van der Waals surface area contributed by atoms with Gasteiger partial charge in [0, 0.05) is 6.42 Å². The summed E-state index contributed by atoms with van der Waals surface area (Å²) in [5.74, 6) is -5.18. The number of amides is 4. The Morgan fingerprint density at radius 3 is 2.27 bits per heavy atom. The zero-order chi connectivity index (χ0) is 11.2. The maximum Gasteiger partial charge on any atom is 0.293 e. The van der Waals surface area contributed by atoms with Crippen molar-refractivity contribution in [3.05, 3.63) is 11.3 Å². The molecule has 2 heterocycles. The van der Waals surface area contributed by atoms with Crippen LogP contribution in [0.4, 0.5) is 0 Å². The molecule has 0 aromatic rings. The molecule has 0 aromatic heterocycles. The van der Waals surface area contributed by atoms with Gasteiger partial charge in [0.15, 0.2) is 5.76 Å². The molecule has 1 unspecified atom stereocenters. The van der Waals surface area contributed by atoms with Gasteiger partial charge in [-0.1, -0.05) is 0 Å². The highest BCUT2D eigenvalue weighted by Gasteiger charge is 2.44. The molecular weight excluding hydrogens is 204 g/mol. The minimum Gasteiger partial charge on any atom is -0.503 e. The van der Waals surface area contributed by atoms with E-state index < -0.39 is 35.3 Å². The molecule has 2 rings (SSSR count). The van der Waals surface area contributed by atoms with E-state index in [0.29, 0.717) is 0 Å². The van der Waals surface area contributed by atoms with Gasteiger partial charge in [-0.3, -0.25) is 24.5 Å². The number of rotatable bonds is 1. The van der Waals surface area contributed by atoms with Gasteiger partial charge >= 0.3 is 0 Å². The molecule has 1 saturated heterocycles. The quantitative estimate of drug-likeness (QED) is 0.491. The van der Waals surface area contributed by atoms with Gasteiger partial charge in [-0.15, -0.1) is 0 Å². The smallest absolute Gasteiger partial charge is 0.293 e. The van der Waals surface area contributed by atoms with E-state index in [4.69, 9.17) is 0 Å². The minimum atomic E-state index is -1.12. The van der Waals surface area contributed by atoms with Crippen molar-refractivity contribution < 1.29 is 24.3 Å². The molecule has 2 aliphatic heterocycles. The summed E-state index contributed by atoms with van der Waals surface area (Å²) in [4.78, 5) is 44.0. The van der Waals surface area contributed by atoms with Crippen LogP contribution in [0, 0.1) is 5.92 Å². The largest absolute Gasteiger partial charge is 0.503 e. The number of aliphatic hydroxyl groups excluding tert-OH is 1. The van der Waals surface area contributed by atoms with Crippen molar-refractivity contribution in [3.63, 3.8) is 0 Å². The Hall–Kier alpha value is -2.18. The predicted octanol–water partition coefficient (Wildman–Crippen LogP) is -1.87. The maximum atomic E-state index is 11.2.